The molecule has 1 N–H and O–H groups in total. The fourth-order valence-corrected chi connectivity index (χ4v) is 2.86. The third-order valence-electron chi connectivity index (χ3n) is 4.13. The molecule has 1 heterocycles. The summed E-state index contributed by atoms with van der Waals surface area (Å²) >= 11 is 0. The molecule has 0 amide bonds. The summed E-state index contributed by atoms with van der Waals surface area (Å²) < 4.78 is 10.7. The zero-order valence-electron chi connectivity index (χ0n) is 13.2. The Balaban J connectivity index is 2.45. The van der Waals surface area contributed by atoms with Gasteiger partial charge in [-0.2, -0.15) is 0 Å². The van der Waals surface area contributed by atoms with Crippen LogP contribution in [-0.4, -0.2) is 35.4 Å². The highest BCUT2D eigenvalue weighted by Gasteiger charge is 2.43. The summed E-state index contributed by atoms with van der Waals surface area (Å²) in [5, 5.41) is 10.1. The highest BCUT2D eigenvalue weighted by molar-refractivity contribution is 5.91. The van der Waals surface area contributed by atoms with Gasteiger partial charge in [-0.25, -0.2) is 4.79 Å². The number of fused-ring (bicyclic) bond motifs is 1. The van der Waals surface area contributed by atoms with Crippen LogP contribution in [0.2, 0.25) is 0 Å². The topological polar surface area (TPSA) is 72.8 Å². The Bertz CT molecular complexity index is 557. The summed E-state index contributed by atoms with van der Waals surface area (Å²) in [4.78, 5) is 23.3. The summed E-state index contributed by atoms with van der Waals surface area (Å²) in [6, 6.07) is 0. The third-order valence-corrected chi connectivity index (χ3v) is 4.13. The van der Waals surface area contributed by atoms with Crippen LogP contribution in [-0.2, 0) is 19.1 Å². The lowest BCUT2D eigenvalue weighted by Crippen LogP contribution is -2.32. The summed E-state index contributed by atoms with van der Waals surface area (Å²) in [6.07, 6.45) is 3.06. The van der Waals surface area contributed by atoms with Crippen LogP contribution in [0.3, 0.4) is 0 Å². The van der Waals surface area contributed by atoms with Crippen molar-refractivity contribution >= 4 is 11.9 Å². The Morgan fingerprint density at radius 3 is 2.73 bits per heavy atom. The van der Waals surface area contributed by atoms with E-state index in [0.29, 0.717) is 18.4 Å². The first kappa shape index (κ1) is 16.5. The van der Waals surface area contributed by atoms with Crippen molar-refractivity contribution in [3.63, 3.8) is 0 Å². The number of carbonyl (C=O) groups is 2. The van der Waals surface area contributed by atoms with Gasteiger partial charge in [0.25, 0.3) is 0 Å². The molecular weight excluding hydrogens is 284 g/mol. The molecule has 0 radical (unpaired) electrons. The monoisotopic (exact) mass is 306 g/mol. The van der Waals surface area contributed by atoms with E-state index < -0.39 is 36.2 Å². The van der Waals surface area contributed by atoms with Crippen molar-refractivity contribution in [3.8, 4) is 0 Å². The van der Waals surface area contributed by atoms with Gasteiger partial charge in [0.2, 0.25) is 0 Å². The first-order valence-electron chi connectivity index (χ1n) is 7.40. The van der Waals surface area contributed by atoms with Gasteiger partial charge in [0.15, 0.2) is 0 Å². The van der Waals surface area contributed by atoms with Crippen LogP contribution in [0.25, 0.3) is 0 Å². The minimum Gasteiger partial charge on any atom is -0.457 e. The van der Waals surface area contributed by atoms with Crippen LogP contribution in [0.5, 0.6) is 0 Å². The summed E-state index contributed by atoms with van der Waals surface area (Å²) in [5.41, 5.74) is 2.03. The second-order valence-corrected chi connectivity index (χ2v) is 5.97. The van der Waals surface area contributed by atoms with Crippen molar-refractivity contribution in [2.24, 2.45) is 5.92 Å². The zero-order valence-corrected chi connectivity index (χ0v) is 13.2. The molecule has 4 atom stereocenters. The van der Waals surface area contributed by atoms with E-state index in [2.05, 4.69) is 6.58 Å². The lowest BCUT2D eigenvalue weighted by atomic mass is 9.86. The second kappa shape index (κ2) is 6.48. The molecule has 22 heavy (non-hydrogen) atoms. The SMILES string of the molecule is C=C1C(=O)O[C@H]2/C=C(/C)[C@H](O)CC/C(C)=C/[C@@H](OC(C)=O)[C@H]12. The predicted molar refractivity (Wildman–Crippen MR) is 80.8 cm³/mol. The number of aliphatic hydroxyl groups excluding tert-OH is 1. The van der Waals surface area contributed by atoms with Gasteiger partial charge in [0.05, 0.1) is 12.0 Å². The molecule has 2 rings (SSSR count). The van der Waals surface area contributed by atoms with Crippen LogP contribution >= 0.6 is 0 Å². The van der Waals surface area contributed by atoms with Gasteiger partial charge < -0.3 is 14.6 Å². The van der Waals surface area contributed by atoms with E-state index in [1.165, 1.54) is 6.92 Å². The zero-order chi connectivity index (χ0) is 16.4. The number of hydrogen-bond acceptors (Lipinski definition) is 5. The molecule has 0 aromatic rings. The maximum atomic E-state index is 11.9. The Morgan fingerprint density at radius 2 is 2.09 bits per heavy atom. The Morgan fingerprint density at radius 1 is 1.41 bits per heavy atom. The molecule has 0 aromatic carbocycles. The molecule has 0 unspecified atom stereocenters. The Kier molecular flexibility index (Phi) is 4.86. The first-order chi connectivity index (χ1) is 10.3. The van der Waals surface area contributed by atoms with E-state index >= 15 is 0 Å². The number of hydrogen-bond donors (Lipinski definition) is 1. The van der Waals surface area contributed by atoms with Crippen molar-refractivity contribution in [2.75, 3.05) is 0 Å². The lowest BCUT2D eigenvalue weighted by molar-refractivity contribution is -0.146. The van der Waals surface area contributed by atoms with Crippen LogP contribution in [0.1, 0.15) is 33.6 Å². The standard InChI is InChI=1S/C17H22O5/c1-9-5-6-13(19)10(2)8-15-16(11(3)17(20)22-15)14(7-9)21-12(4)18/h7-8,13-16,19H,3,5-6H2,1-2,4H3/b9-7+,10-8-/t13-,14-,15+,16+/m1/s1. The summed E-state index contributed by atoms with van der Waals surface area (Å²) in [6.45, 7) is 8.84. The Labute approximate surface area is 130 Å². The largest absolute Gasteiger partial charge is 0.457 e. The molecule has 1 fully saturated rings. The van der Waals surface area contributed by atoms with Gasteiger partial charge in [-0.15, -0.1) is 0 Å². The van der Waals surface area contributed by atoms with Gasteiger partial charge in [0, 0.05) is 12.5 Å². The molecule has 0 spiro atoms. The number of aliphatic hydroxyl groups is 1. The van der Waals surface area contributed by atoms with Crippen molar-refractivity contribution in [1.29, 1.82) is 0 Å². The minimum atomic E-state index is -0.597. The lowest BCUT2D eigenvalue weighted by Gasteiger charge is -2.26. The molecule has 120 valence electrons. The molecule has 0 bridgehead atoms. The Hall–Kier alpha value is -1.88. The van der Waals surface area contributed by atoms with Gasteiger partial charge >= 0.3 is 11.9 Å². The van der Waals surface area contributed by atoms with Crippen molar-refractivity contribution in [2.45, 2.75) is 51.9 Å². The summed E-state index contributed by atoms with van der Waals surface area (Å²) in [7, 11) is 0. The van der Waals surface area contributed by atoms with Gasteiger partial charge in [0.1, 0.15) is 12.2 Å². The van der Waals surface area contributed by atoms with E-state index in [4.69, 9.17) is 9.47 Å². The normalized spacial score (nSPS) is 37.3. The molecule has 1 saturated heterocycles. The van der Waals surface area contributed by atoms with Gasteiger partial charge in [-0.05, 0) is 44.4 Å². The van der Waals surface area contributed by atoms with Crippen molar-refractivity contribution in [3.05, 3.63) is 35.5 Å². The molecule has 5 nitrogen and oxygen atoms in total. The highest BCUT2D eigenvalue weighted by Crippen LogP contribution is 2.35. The number of allylic oxidation sites excluding steroid dienone is 1. The molecule has 0 aromatic heterocycles. The predicted octanol–water partition coefficient (Wildman–Crippen LogP) is 2.06. The molecule has 0 saturated carbocycles. The number of ether oxygens (including phenoxy) is 2. The number of carbonyl (C=O) groups excluding carboxylic acids is 2. The maximum Gasteiger partial charge on any atom is 0.334 e. The van der Waals surface area contributed by atoms with E-state index in [1.54, 1.807) is 13.0 Å². The van der Waals surface area contributed by atoms with Crippen LogP contribution in [0, 0.1) is 5.92 Å². The second-order valence-electron chi connectivity index (χ2n) is 5.97. The third kappa shape index (κ3) is 3.47. The number of esters is 2. The highest BCUT2D eigenvalue weighted by atomic mass is 16.6. The number of rotatable bonds is 1. The fourth-order valence-electron chi connectivity index (χ4n) is 2.86. The first-order valence-corrected chi connectivity index (χ1v) is 7.40. The van der Waals surface area contributed by atoms with Gasteiger partial charge in [-0.3, -0.25) is 4.79 Å². The van der Waals surface area contributed by atoms with Crippen LogP contribution < -0.4 is 0 Å². The quantitative estimate of drug-likeness (QED) is 0.456. The van der Waals surface area contributed by atoms with Crippen LogP contribution in [0.4, 0.5) is 0 Å². The molecule has 5 heteroatoms. The van der Waals surface area contributed by atoms with Crippen LogP contribution in [0.15, 0.2) is 35.5 Å². The van der Waals surface area contributed by atoms with E-state index in [1.807, 2.05) is 13.0 Å². The van der Waals surface area contributed by atoms with Crippen molar-refractivity contribution in [1.82, 2.24) is 0 Å². The van der Waals surface area contributed by atoms with E-state index in [0.717, 1.165) is 11.1 Å². The molecule has 2 aliphatic rings. The average molecular weight is 306 g/mol. The molecule has 1 aliphatic heterocycles. The molecule has 1 aliphatic carbocycles. The fraction of sp³-hybridized carbons (Fsp3) is 0.529. The van der Waals surface area contributed by atoms with E-state index in [9.17, 15) is 14.7 Å². The average Bonchev–Trinajstić information content (AvgIpc) is 2.69. The minimum absolute atomic E-state index is 0.291. The van der Waals surface area contributed by atoms with Gasteiger partial charge in [-0.1, -0.05) is 12.2 Å². The maximum absolute atomic E-state index is 11.9. The smallest absolute Gasteiger partial charge is 0.334 e. The van der Waals surface area contributed by atoms with Crippen molar-refractivity contribution < 1.29 is 24.2 Å². The molecular formula is C17H22O5. The summed E-state index contributed by atoms with van der Waals surface area (Å²) in [5.74, 6) is -1.37. The van der Waals surface area contributed by atoms with E-state index in [-0.39, 0.29) is 0 Å².